The van der Waals surface area contributed by atoms with Gasteiger partial charge in [-0.25, -0.2) is 0 Å². The Balaban J connectivity index is 1.87. The summed E-state index contributed by atoms with van der Waals surface area (Å²) >= 11 is 12.5. The average molecular weight is 390 g/mol. The van der Waals surface area contributed by atoms with Crippen molar-refractivity contribution in [3.63, 3.8) is 0 Å². The number of amides is 1. The zero-order valence-corrected chi connectivity index (χ0v) is 16.1. The summed E-state index contributed by atoms with van der Waals surface area (Å²) in [5, 5.41) is 10.3. The van der Waals surface area contributed by atoms with Crippen LogP contribution in [0.2, 0.25) is 10.0 Å². The molecule has 1 heterocycles. The summed E-state index contributed by atoms with van der Waals surface area (Å²) in [6.45, 7) is 3.09. The van der Waals surface area contributed by atoms with E-state index >= 15 is 0 Å². The third-order valence-corrected chi connectivity index (χ3v) is 5.33. The van der Waals surface area contributed by atoms with Crippen molar-refractivity contribution in [3.05, 3.63) is 64.1 Å². The van der Waals surface area contributed by atoms with Crippen LogP contribution < -0.4 is 0 Å². The van der Waals surface area contributed by atoms with E-state index in [1.165, 1.54) is 0 Å². The zero-order chi connectivity index (χ0) is 18.5. The van der Waals surface area contributed by atoms with Gasteiger partial charge in [0.25, 0.3) is 0 Å². The summed E-state index contributed by atoms with van der Waals surface area (Å²) in [5.74, 6) is 0.396. The molecule has 1 aliphatic heterocycles. The van der Waals surface area contributed by atoms with Crippen LogP contribution in [0.1, 0.15) is 31.4 Å². The molecule has 1 unspecified atom stereocenters. The summed E-state index contributed by atoms with van der Waals surface area (Å²) < 4.78 is 0. The molecular formula is C20H21Cl2N3O. The molecular weight excluding hydrogens is 369 g/mol. The molecule has 6 heteroatoms. The number of azo groups is 1. The van der Waals surface area contributed by atoms with Crippen molar-refractivity contribution in [2.24, 2.45) is 16.1 Å². The number of rotatable bonds is 4. The molecule has 4 nitrogen and oxygen atoms in total. The van der Waals surface area contributed by atoms with Crippen LogP contribution in [0, 0.1) is 5.92 Å². The summed E-state index contributed by atoms with van der Waals surface area (Å²) in [7, 11) is 0. The lowest BCUT2D eigenvalue weighted by Gasteiger charge is -2.34. The standard InChI is InChI=1S/C20H21Cl2N3O/c1-14(26)25-11-9-15(10-12-25)20(18-8-7-16(21)13-19(18)22)24-23-17-5-3-2-4-6-17/h2-8,13,15,20H,9-12H2,1H3. The SMILES string of the molecule is CC(=O)N1CCC(C(N=Nc2ccccc2)c2ccc(Cl)cc2Cl)CC1. The number of halogens is 2. The molecule has 2 aromatic rings. The van der Waals surface area contributed by atoms with Gasteiger partial charge in [0.05, 0.1) is 5.69 Å². The lowest BCUT2D eigenvalue weighted by molar-refractivity contribution is -0.130. The van der Waals surface area contributed by atoms with Crippen LogP contribution in [-0.4, -0.2) is 23.9 Å². The van der Waals surface area contributed by atoms with Crippen LogP contribution in [0.4, 0.5) is 5.69 Å². The Bertz CT molecular complexity index is 787. The number of likely N-dealkylation sites (tertiary alicyclic amines) is 1. The first-order chi connectivity index (χ1) is 12.5. The molecule has 0 aliphatic carbocycles. The number of hydrogen-bond donors (Lipinski definition) is 0. The van der Waals surface area contributed by atoms with Gasteiger partial charge in [-0.05, 0) is 48.6 Å². The van der Waals surface area contributed by atoms with Gasteiger partial charge in [-0.15, -0.1) is 0 Å². The zero-order valence-electron chi connectivity index (χ0n) is 14.6. The van der Waals surface area contributed by atoms with Gasteiger partial charge in [0.15, 0.2) is 0 Å². The first kappa shape index (κ1) is 18.9. The van der Waals surface area contributed by atoms with Crippen LogP contribution in [-0.2, 0) is 4.79 Å². The third-order valence-electron chi connectivity index (χ3n) is 4.77. The van der Waals surface area contributed by atoms with Crippen molar-refractivity contribution >= 4 is 34.8 Å². The lowest BCUT2D eigenvalue weighted by atomic mass is 9.86. The molecule has 1 aliphatic rings. The van der Waals surface area contributed by atoms with Gasteiger partial charge in [0, 0.05) is 30.1 Å². The molecule has 0 spiro atoms. The highest BCUT2D eigenvalue weighted by Crippen LogP contribution is 2.39. The summed E-state index contributed by atoms with van der Waals surface area (Å²) in [6, 6.07) is 15.0. The first-order valence-electron chi connectivity index (χ1n) is 8.71. The molecule has 1 amide bonds. The van der Waals surface area contributed by atoms with E-state index in [1.54, 1.807) is 13.0 Å². The number of benzene rings is 2. The van der Waals surface area contributed by atoms with E-state index in [2.05, 4.69) is 10.2 Å². The molecule has 0 saturated carbocycles. The largest absolute Gasteiger partial charge is 0.343 e. The second-order valence-corrected chi connectivity index (χ2v) is 7.35. The van der Waals surface area contributed by atoms with Gasteiger partial charge in [0.2, 0.25) is 5.91 Å². The summed E-state index contributed by atoms with van der Waals surface area (Å²) in [4.78, 5) is 13.5. The number of nitrogens with zero attached hydrogens (tertiary/aromatic N) is 3. The van der Waals surface area contributed by atoms with E-state index in [0.717, 1.165) is 37.2 Å². The molecule has 0 bridgehead atoms. The Labute approximate surface area is 163 Å². The molecule has 1 fully saturated rings. The van der Waals surface area contributed by atoms with Crippen LogP contribution in [0.3, 0.4) is 0 Å². The second kappa shape index (κ2) is 8.65. The fourth-order valence-electron chi connectivity index (χ4n) is 3.31. The van der Waals surface area contributed by atoms with Crippen molar-refractivity contribution in [1.82, 2.24) is 4.90 Å². The molecule has 2 aromatic carbocycles. The van der Waals surface area contributed by atoms with E-state index in [9.17, 15) is 4.79 Å². The highest BCUT2D eigenvalue weighted by Gasteiger charge is 2.30. The molecule has 0 N–H and O–H groups in total. The Morgan fingerprint density at radius 2 is 1.81 bits per heavy atom. The van der Waals surface area contributed by atoms with E-state index in [-0.39, 0.29) is 17.9 Å². The van der Waals surface area contributed by atoms with Gasteiger partial charge in [0.1, 0.15) is 6.04 Å². The Morgan fingerprint density at radius 1 is 1.12 bits per heavy atom. The third kappa shape index (κ3) is 4.63. The van der Waals surface area contributed by atoms with Crippen molar-refractivity contribution in [3.8, 4) is 0 Å². The van der Waals surface area contributed by atoms with Crippen LogP contribution in [0.5, 0.6) is 0 Å². The predicted molar refractivity (Wildman–Crippen MR) is 105 cm³/mol. The van der Waals surface area contributed by atoms with Gasteiger partial charge >= 0.3 is 0 Å². The van der Waals surface area contributed by atoms with Gasteiger partial charge in [-0.1, -0.05) is 47.5 Å². The minimum atomic E-state index is -0.158. The van der Waals surface area contributed by atoms with Crippen LogP contribution in [0.25, 0.3) is 0 Å². The van der Waals surface area contributed by atoms with E-state index < -0.39 is 0 Å². The Hall–Kier alpha value is -1.91. The highest BCUT2D eigenvalue weighted by molar-refractivity contribution is 6.35. The lowest BCUT2D eigenvalue weighted by Crippen LogP contribution is -2.38. The highest BCUT2D eigenvalue weighted by atomic mass is 35.5. The molecule has 3 rings (SSSR count). The van der Waals surface area contributed by atoms with E-state index in [4.69, 9.17) is 23.2 Å². The van der Waals surface area contributed by atoms with E-state index in [1.807, 2.05) is 47.4 Å². The number of piperidine rings is 1. The Morgan fingerprint density at radius 3 is 2.42 bits per heavy atom. The molecule has 0 aromatic heterocycles. The fourth-order valence-corrected chi connectivity index (χ4v) is 3.83. The monoisotopic (exact) mass is 389 g/mol. The average Bonchev–Trinajstić information content (AvgIpc) is 2.64. The normalized spacial score (nSPS) is 16.8. The predicted octanol–water partition coefficient (Wildman–Crippen LogP) is 6.08. The summed E-state index contributed by atoms with van der Waals surface area (Å²) in [6.07, 6.45) is 1.74. The van der Waals surface area contributed by atoms with Gasteiger partial charge < -0.3 is 4.90 Å². The number of hydrogen-bond acceptors (Lipinski definition) is 3. The van der Waals surface area contributed by atoms with Crippen molar-refractivity contribution in [1.29, 1.82) is 0 Å². The van der Waals surface area contributed by atoms with Gasteiger partial charge in [-0.3, -0.25) is 4.79 Å². The number of carbonyl (C=O) groups is 1. The minimum Gasteiger partial charge on any atom is -0.343 e. The Kier molecular flexibility index (Phi) is 6.28. The van der Waals surface area contributed by atoms with Crippen molar-refractivity contribution in [2.75, 3.05) is 13.1 Å². The summed E-state index contributed by atoms with van der Waals surface area (Å²) in [5.41, 5.74) is 1.74. The first-order valence-corrected chi connectivity index (χ1v) is 9.46. The van der Waals surface area contributed by atoms with Crippen LogP contribution in [0.15, 0.2) is 58.8 Å². The second-order valence-electron chi connectivity index (χ2n) is 6.51. The van der Waals surface area contributed by atoms with Gasteiger partial charge in [-0.2, -0.15) is 10.2 Å². The molecule has 136 valence electrons. The van der Waals surface area contributed by atoms with Crippen LogP contribution >= 0.6 is 23.2 Å². The quantitative estimate of drug-likeness (QED) is 0.584. The number of carbonyl (C=O) groups excluding carboxylic acids is 1. The molecule has 26 heavy (non-hydrogen) atoms. The molecule has 1 atom stereocenters. The van der Waals surface area contributed by atoms with Crippen molar-refractivity contribution in [2.45, 2.75) is 25.8 Å². The van der Waals surface area contributed by atoms with E-state index in [0.29, 0.717) is 10.0 Å². The maximum Gasteiger partial charge on any atom is 0.219 e. The molecule has 1 saturated heterocycles. The molecule has 0 radical (unpaired) electrons. The maximum absolute atomic E-state index is 11.6. The fraction of sp³-hybridized carbons (Fsp3) is 0.350. The minimum absolute atomic E-state index is 0.121. The van der Waals surface area contributed by atoms with Crippen molar-refractivity contribution < 1.29 is 4.79 Å². The topological polar surface area (TPSA) is 45.0 Å². The smallest absolute Gasteiger partial charge is 0.219 e. The maximum atomic E-state index is 11.6.